The maximum atomic E-state index is 14.3. The summed E-state index contributed by atoms with van der Waals surface area (Å²) < 4.78 is 39.7. The molecule has 0 spiro atoms. The zero-order valence-corrected chi connectivity index (χ0v) is 46.6. The van der Waals surface area contributed by atoms with Crippen molar-refractivity contribution in [3.63, 3.8) is 0 Å². The predicted molar refractivity (Wildman–Crippen MR) is 313 cm³/mol. The van der Waals surface area contributed by atoms with Crippen molar-refractivity contribution >= 4 is 89.1 Å². The molecule has 0 aromatic heterocycles. The van der Waals surface area contributed by atoms with Crippen molar-refractivity contribution in [3.8, 4) is 23.0 Å². The van der Waals surface area contributed by atoms with E-state index < -0.39 is 33.2 Å². The first-order valence-corrected chi connectivity index (χ1v) is 28.0. The summed E-state index contributed by atoms with van der Waals surface area (Å²) in [5.74, 6) is -2.27. The third kappa shape index (κ3) is 12.8. The molecule has 8 aromatic rings. The number of fused-ring (bicyclic) bond motifs is 2. The van der Waals surface area contributed by atoms with Crippen LogP contribution in [-0.4, -0.2) is 92.5 Å². The summed E-state index contributed by atoms with van der Waals surface area (Å²) in [6, 6.07) is 37.6. The van der Waals surface area contributed by atoms with Crippen molar-refractivity contribution in [2.75, 3.05) is 51.0 Å². The van der Waals surface area contributed by atoms with Crippen molar-refractivity contribution in [1.82, 2.24) is 9.80 Å². The molecule has 19 heteroatoms. The maximum Gasteiger partial charge on any atom is 0.259 e. The smallest absolute Gasteiger partial charge is 0.259 e. The van der Waals surface area contributed by atoms with Gasteiger partial charge in [-0.2, -0.15) is 0 Å². The number of nitrogens with one attached hydrogen (secondary N) is 2. The van der Waals surface area contributed by atoms with Gasteiger partial charge in [-0.1, -0.05) is 88.4 Å². The SMILES string of the molecule is CCCN(CCC)C(=O)c1ccc(OC)c(N=Nc2c(O)c(C(=O)Nc3cccc(S(=O)(=O)c4cccc(NC(=O)c5cc6ccccc6c(N=Nc6cc(C(=O)N(CCC)CCC)ccc6OC)c5O)c4)c3)cc3ccccc23)c1. The van der Waals surface area contributed by atoms with E-state index in [4.69, 9.17) is 9.47 Å². The topological polar surface area (TPSA) is 241 Å². The van der Waals surface area contributed by atoms with Gasteiger partial charge in [0.15, 0.2) is 11.5 Å². The minimum Gasteiger partial charge on any atom is -0.505 e. The fraction of sp³-hybridized carbons (Fsp3) is 0.226. The van der Waals surface area contributed by atoms with Crippen LogP contribution >= 0.6 is 0 Å². The zero-order valence-electron chi connectivity index (χ0n) is 45.8. The van der Waals surface area contributed by atoms with Gasteiger partial charge in [-0.25, -0.2) is 8.42 Å². The molecular formula is C62H62N8O10S. The lowest BCUT2D eigenvalue weighted by Gasteiger charge is -2.21. The monoisotopic (exact) mass is 1110 g/mol. The standard InChI is InChI=1S/C62H62N8O10S/c1-7-29-69(30-8-2)61(75)41-25-27-53(79-5)51(35-41)65-67-55-47-23-13-11-17-39(47)33-49(57(55)71)59(73)63-43-19-15-21-45(37-43)81(77,78)46-22-16-20-44(38-46)64-60(74)50-34-40-18-12-14-24-48(40)56(58(50)72)68-66-52-36-42(26-28-54(52)80-6)62(76)70(31-9-3)32-10-4/h11-28,33-38,71-72H,7-10,29-32H2,1-6H3,(H,63,73)(H,64,74). The molecule has 8 rings (SSSR count). The summed E-state index contributed by atoms with van der Waals surface area (Å²) in [5.41, 5.74) is 0.926. The summed E-state index contributed by atoms with van der Waals surface area (Å²) in [6.45, 7) is 10.3. The first kappa shape index (κ1) is 57.7. The van der Waals surface area contributed by atoms with Gasteiger partial charge in [0.2, 0.25) is 9.84 Å². The lowest BCUT2D eigenvalue weighted by molar-refractivity contribution is 0.0748. The Bertz CT molecular complexity index is 3610. The van der Waals surface area contributed by atoms with Crippen molar-refractivity contribution in [3.05, 3.63) is 168 Å². The van der Waals surface area contributed by atoms with Crippen LogP contribution < -0.4 is 20.1 Å². The number of nitrogens with zero attached hydrogens (tertiary/aromatic N) is 6. The maximum absolute atomic E-state index is 14.3. The molecule has 0 saturated heterocycles. The Labute approximate surface area is 469 Å². The zero-order chi connectivity index (χ0) is 57.8. The molecule has 416 valence electrons. The van der Waals surface area contributed by atoms with E-state index in [2.05, 4.69) is 31.1 Å². The van der Waals surface area contributed by atoms with E-state index in [9.17, 15) is 37.8 Å². The number of carbonyl (C=O) groups excluding carboxylic acids is 4. The number of hydrogen-bond donors (Lipinski definition) is 4. The van der Waals surface area contributed by atoms with E-state index in [0.717, 1.165) is 25.7 Å². The average Bonchev–Trinajstić information content (AvgIpc) is 3.49. The first-order valence-electron chi connectivity index (χ1n) is 26.5. The molecule has 0 aliphatic rings. The third-order valence-corrected chi connectivity index (χ3v) is 14.9. The molecule has 18 nitrogen and oxygen atoms in total. The highest BCUT2D eigenvalue weighted by Gasteiger charge is 2.25. The molecule has 0 aliphatic heterocycles. The second kappa shape index (κ2) is 26.0. The quantitative estimate of drug-likeness (QED) is 0.0468. The summed E-state index contributed by atoms with van der Waals surface area (Å²) in [5, 5.41) is 48.5. The van der Waals surface area contributed by atoms with Gasteiger partial charge in [-0.15, -0.1) is 20.5 Å². The number of azo groups is 2. The summed E-state index contributed by atoms with van der Waals surface area (Å²) in [7, 11) is -1.40. The van der Waals surface area contributed by atoms with E-state index in [1.807, 2.05) is 27.7 Å². The van der Waals surface area contributed by atoms with Gasteiger partial charge in [0, 0.05) is 59.5 Å². The van der Waals surface area contributed by atoms with Crippen LogP contribution in [0.4, 0.5) is 34.1 Å². The molecule has 0 atom stereocenters. The van der Waals surface area contributed by atoms with Crippen LogP contribution in [0, 0.1) is 0 Å². The number of hydrogen-bond acceptors (Lipinski definition) is 14. The van der Waals surface area contributed by atoms with Crippen LogP contribution in [0.3, 0.4) is 0 Å². The number of benzene rings is 8. The Hall–Kier alpha value is -9.49. The van der Waals surface area contributed by atoms with Gasteiger partial charge < -0.3 is 40.1 Å². The highest BCUT2D eigenvalue weighted by Crippen LogP contribution is 2.43. The minimum absolute atomic E-state index is 0.0324. The lowest BCUT2D eigenvalue weighted by atomic mass is 10.0. The van der Waals surface area contributed by atoms with Gasteiger partial charge in [0.1, 0.15) is 34.2 Å². The Morgan fingerprint density at radius 3 is 1.23 bits per heavy atom. The number of sulfone groups is 1. The fourth-order valence-electron chi connectivity index (χ4n) is 9.28. The number of ether oxygens (including phenoxy) is 2. The molecule has 0 saturated carbocycles. The van der Waals surface area contributed by atoms with Gasteiger partial charge in [0.25, 0.3) is 23.6 Å². The van der Waals surface area contributed by atoms with E-state index in [1.165, 1.54) is 74.9 Å². The van der Waals surface area contributed by atoms with Crippen molar-refractivity contribution in [2.45, 2.75) is 63.2 Å². The minimum atomic E-state index is -4.31. The van der Waals surface area contributed by atoms with Crippen LogP contribution in [0.15, 0.2) is 176 Å². The molecule has 0 heterocycles. The van der Waals surface area contributed by atoms with Crippen LogP contribution in [-0.2, 0) is 9.84 Å². The summed E-state index contributed by atoms with van der Waals surface area (Å²) in [4.78, 5) is 58.3. The van der Waals surface area contributed by atoms with Crippen molar-refractivity contribution in [2.24, 2.45) is 20.5 Å². The summed E-state index contributed by atoms with van der Waals surface area (Å²) in [6.07, 6.45) is 3.14. The number of methoxy groups -OCH3 is 2. The van der Waals surface area contributed by atoms with E-state index >= 15 is 0 Å². The molecule has 81 heavy (non-hydrogen) atoms. The van der Waals surface area contributed by atoms with Gasteiger partial charge in [-0.3, -0.25) is 19.2 Å². The van der Waals surface area contributed by atoms with E-state index in [1.54, 1.807) is 94.7 Å². The molecule has 4 amide bonds. The van der Waals surface area contributed by atoms with Gasteiger partial charge >= 0.3 is 0 Å². The molecule has 0 unspecified atom stereocenters. The number of phenols is 2. The Kier molecular flexibility index (Phi) is 18.5. The molecule has 0 aliphatic carbocycles. The normalized spacial score (nSPS) is 11.5. The highest BCUT2D eigenvalue weighted by atomic mass is 32.2. The molecule has 4 N–H and O–H groups in total. The molecule has 0 bridgehead atoms. The molecule has 8 aromatic carbocycles. The number of amides is 4. The van der Waals surface area contributed by atoms with Crippen LogP contribution in [0.1, 0.15) is 94.8 Å². The highest BCUT2D eigenvalue weighted by molar-refractivity contribution is 7.91. The second-order valence-electron chi connectivity index (χ2n) is 18.9. The average molecular weight is 1110 g/mol. The number of anilines is 2. The van der Waals surface area contributed by atoms with Crippen LogP contribution in [0.2, 0.25) is 0 Å². The van der Waals surface area contributed by atoms with Gasteiger partial charge in [0.05, 0.1) is 35.1 Å². The van der Waals surface area contributed by atoms with Crippen molar-refractivity contribution in [1.29, 1.82) is 0 Å². The van der Waals surface area contributed by atoms with Crippen LogP contribution in [0.5, 0.6) is 23.0 Å². The molecule has 0 radical (unpaired) electrons. The number of aromatic hydroxyl groups is 2. The lowest BCUT2D eigenvalue weighted by Crippen LogP contribution is -2.32. The Balaban J connectivity index is 1.03. The van der Waals surface area contributed by atoms with Gasteiger partial charge in [-0.05, 0) is 121 Å². The number of carbonyl (C=O) groups is 4. The molecular weight excluding hydrogens is 1050 g/mol. The first-order chi connectivity index (χ1) is 39.1. The number of rotatable bonds is 22. The Morgan fingerprint density at radius 2 is 0.864 bits per heavy atom. The second-order valence-corrected chi connectivity index (χ2v) is 20.9. The van der Waals surface area contributed by atoms with E-state index in [0.29, 0.717) is 70.3 Å². The van der Waals surface area contributed by atoms with Crippen LogP contribution in [0.25, 0.3) is 21.5 Å². The van der Waals surface area contributed by atoms with E-state index in [-0.39, 0.29) is 66.9 Å². The largest absolute Gasteiger partial charge is 0.505 e. The van der Waals surface area contributed by atoms with Crippen molar-refractivity contribution < 1.29 is 47.3 Å². The third-order valence-electron chi connectivity index (χ3n) is 13.2. The number of phenolic OH excluding ortho intramolecular Hbond substituents is 2. The Morgan fingerprint density at radius 1 is 0.481 bits per heavy atom. The molecule has 0 fully saturated rings. The predicted octanol–water partition coefficient (Wildman–Crippen LogP) is 14.1. The summed E-state index contributed by atoms with van der Waals surface area (Å²) >= 11 is 0. The fourth-order valence-corrected chi connectivity index (χ4v) is 10.6.